The molecule has 0 radical (unpaired) electrons. The van der Waals surface area contributed by atoms with E-state index in [2.05, 4.69) is 10.6 Å². The summed E-state index contributed by atoms with van der Waals surface area (Å²) in [5.74, 6) is -0.528. The minimum Gasteiger partial charge on any atom is -0.462 e. The number of hydrogen-bond donors (Lipinski definition) is 2. The van der Waals surface area contributed by atoms with Crippen molar-refractivity contribution >= 4 is 29.3 Å². The highest BCUT2D eigenvalue weighted by Crippen LogP contribution is 2.34. The van der Waals surface area contributed by atoms with E-state index < -0.39 is 12.0 Å². The molecule has 0 saturated heterocycles. The molecule has 2 N–H and O–H groups in total. The van der Waals surface area contributed by atoms with Crippen LogP contribution in [0.25, 0.3) is 0 Å². The van der Waals surface area contributed by atoms with Gasteiger partial charge in [-0.3, -0.25) is 4.79 Å². The molecule has 1 aliphatic heterocycles. The lowest BCUT2D eigenvalue weighted by atomic mass is 10.1. The Labute approximate surface area is 198 Å². The number of ether oxygens (including phenoxy) is 1. The molecule has 0 spiro atoms. The first-order chi connectivity index (χ1) is 16.5. The predicted molar refractivity (Wildman–Crippen MR) is 131 cm³/mol. The highest BCUT2D eigenvalue weighted by molar-refractivity contribution is 6.07. The van der Waals surface area contributed by atoms with Crippen molar-refractivity contribution in [3.05, 3.63) is 95.1 Å². The second-order valence-corrected chi connectivity index (χ2v) is 8.13. The standard InChI is InChI=1S/C27H27N3O4/c1-3-34-26(32)22-11-7-8-12-23(22)29-27(33)28-17-19-13-14-21-15-18(2)30(24(21)16-19)25(31)20-9-5-4-6-10-20/h4-14,16,18H,3,15,17H2,1-2H3,(H2,28,29,33). The zero-order valence-electron chi connectivity index (χ0n) is 19.2. The van der Waals surface area contributed by atoms with E-state index in [1.54, 1.807) is 31.2 Å². The third-order valence-electron chi connectivity index (χ3n) is 5.73. The average Bonchev–Trinajstić information content (AvgIpc) is 3.18. The molecule has 0 bridgehead atoms. The van der Waals surface area contributed by atoms with Gasteiger partial charge >= 0.3 is 12.0 Å². The summed E-state index contributed by atoms with van der Waals surface area (Å²) in [6, 6.07) is 21.5. The van der Waals surface area contributed by atoms with Crippen LogP contribution in [0, 0.1) is 0 Å². The quantitative estimate of drug-likeness (QED) is 0.522. The predicted octanol–water partition coefficient (Wildman–Crippen LogP) is 4.78. The van der Waals surface area contributed by atoms with Crippen LogP contribution in [-0.2, 0) is 17.7 Å². The number of hydrogen-bond acceptors (Lipinski definition) is 4. The molecular formula is C27H27N3O4. The van der Waals surface area contributed by atoms with Gasteiger partial charge in [0, 0.05) is 23.8 Å². The number of urea groups is 1. The van der Waals surface area contributed by atoms with E-state index in [4.69, 9.17) is 4.74 Å². The molecule has 1 heterocycles. The minimum atomic E-state index is -0.491. The lowest BCUT2D eigenvalue weighted by molar-refractivity contribution is 0.0527. The molecule has 1 aliphatic rings. The van der Waals surface area contributed by atoms with Gasteiger partial charge in [-0.2, -0.15) is 0 Å². The molecule has 1 unspecified atom stereocenters. The van der Waals surface area contributed by atoms with Crippen molar-refractivity contribution in [2.45, 2.75) is 32.9 Å². The largest absolute Gasteiger partial charge is 0.462 e. The van der Waals surface area contributed by atoms with Crippen LogP contribution < -0.4 is 15.5 Å². The maximum absolute atomic E-state index is 13.1. The van der Waals surface area contributed by atoms with E-state index in [9.17, 15) is 14.4 Å². The Hall–Kier alpha value is -4.13. The highest BCUT2D eigenvalue weighted by atomic mass is 16.5. The molecule has 7 heteroatoms. The molecule has 0 fully saturated rings. The molecule has 3 amide bonds. The maximum Gasteiger partial charge on any atom is 0.340 e. The fraction of sp³-hybridized carbons (Fsp3) is 0.222. The van der Waals surface area contributed by atoms with Crippen LogP contribution in [0.5, 0.6) is 0 Å². The number of carbonyl (C=O) groups is 3. The number of fused-ring (bicyclic) bond motifs is 1. The number of esters is 1. The van der Waals surface area contributed by atoms with Crippen molar-refractivity contribution in [2.24, 2.45) is 0 Å². The molecule has 0 aliphatic carbocycles. The van der Waals surface area contributed by atoms with Crippen LogP contribution in [0.2, 0.25) is 0 Å². The first-order valence-electron chi connectivity index (χ1n) is 11.3. The van der Waals surface area contributed by atoms with Crippen LogP contribution in [0.3, 0.4) is 0 Å². The Morgan fingerprint density at radius 1 is 1.00 bits per heavy atom. The average molecular weight is 458 g/mol. The number of carbonyl (C=O) groups excluding carboxylic acids is 3. The second kappa shape index (κ2) is 10.2. The van der Waals surface area contributed by atoms with E-state index in [1.165, 1.54) is 0 Å². The Kier molecular flexibility index (Phi) is 6.92. The first-order valence-corrected chi connectivity index (χ1v) is 11.3. The van der Waals surface area contributed by atoms with E-state index in [1.807, 2.05) is 60.4 Å². The van der Waals surface area contributed by atoms with E-state index >= 15 is 0 Å². The second-order valence-electron chi connectivity index (χ2n) is 8.13. The van der Waals surface area contributed by atoms with Gasteiger partial charge < -0.3 is 20.3 Å². The highest BCUT2D eigenvalue weighted by Gasteiger charge is 2.31. The number of rotatable bonds is 6. The Balaban J connectivity index is 1.45. The topological polar surface area (TPSA) is 87.7 Å². The van der Waals surface area contributed by atoms with Crippen molar-refractivity contribution in [3.63, 3.8) is 0 Å². The van der Waals surface area contributed by atoms with E-state index in [-0.39, 0.29) is 25.1 Å². The van der Waals surface area contributed by atoms with Gasteiger partial charge in [0.2, 0.25) is 0 Å². The number of benzene rings is 3. The lowest BCUT2D eigenvalue weighted by Crippen LogP contribution is -2.35. The molecule has 3 aromatic rings. The number of para-hydroxylation sites is 1. The van der Waals surface area contributed by atoms with Crippen molar-refractivity contribution in [2.75, 3.05) is 16.8 Å². The van der Waals surface area contributed by atoms with Gasteiger partial charge in [0.15, 0.2) is 0 Å². The summed E-state index contributed by atoms with van der Waals surface area (Å²) in [4.78, 5) is 39.6. The molecule has 174 valence electrons. The summed E-state index contributed by atoms with van der Waals surface area (Å²) in [5.41, 5.74) is 4.15. The first kappa shape index (κ1) is 23.0. The number of anilines is 2. The third kappa shape index (κ3) is 4.93. The van der Waals surface area contributed by atoms with Gasteiger partial charge in [-0.25, -0.2) is 9.59 Å². The minimum absolute atomic E-state index is 0.0368. The summed E-state index contributed by atoms with van der Waals surface area (Å²) in [7, 11) is 0. The van der Waals surface area contributed by atoms with Crippen molar-refractivity contribution in [1.82, 2.24) is 5.32 Å². The molecule has 7 nitrogen and oxygen atoms in total. The fourth-order valence-corrected chi connectivity index (χ4v) is 4.12. The fourth-order valence-electron chi connectivity index (χ4n) is 4.12. The lowest BCUT2D eigenvalue weighted by Gasteiger charge is -2.23. The summed E-state index contributed by atoms with van der Waals surface area (Å²) in [6.45, 7) is 4.28. The van der Waals surface area contributed by atoms with Crippen LogP contribution in [0.1, 0.15) is 45.7 Å². The van der Waals surface area contributed by atoms with Crippen LogP contribution in [-0.4, -0.2) is 30.6 Å². The Bertz CT molecular complexity index is 1210. The molecule has 0 aromatic heterocycles. The maximum atomic E-state index is 13.1. The van der Waals surface area contributed by atoms with E-state index in [0.717, 1.165) is 23.2 Å². The normalized spacial score (nSPS) is 14.3. The van der Waals surface area contributed by atoms with Gasteiger partial charge in [0.1, 0.15) is 0 Å². The van der Waals surface area contributed by atoms with Gasteiger partial charge in [-0.1, -0.05) is 42.5 Å². The molecule has 4 rings (SSSR count). The van der Waals surface area contributed by atoms with Gasteiger partial charge in [0.05, 0.1) is 17.9 Å². The van der Waals surface area contributed by atoms with Gasteiger partial charge in [-0.05, 0) is 61.7 Å². The SMILES string of the molecule is CCOC(=O)c1ccccc1NC(=O)NCc1ccc2c(c1)N(C(=O)c1ccccc1)C(C)C2. The molecule has 1 atom stereocenters. The Morgan fingerprint density at radius 2 is 1.74 bits per heavy atom. The monoisotopic (exact) mass is 457 g/mol. The summed E-state index contributed by atoms with van der Waals surface area (Å²) < 4.78 is 5.05. The van der Waals surface area contributed by atoms with E-state index in [0.29, 0.717) is 16.8 Å². The molecule has 34 heavy (non-hydrogen) atoms. The van der Waals surface area contributed by atoms with Crippen LogP contribution >= 0.6 is 0 Å². The Morgan fingerprint density at radius 3 is 2.50 bits per heavy atom. The van der Waals surface area contributed by atoms with Gasteiger partial charge in [-0.15, -0.1) is 0 Å². The molecule has 3 aromatic carbocycles. The van der Waals surface area contributed by atoms with Crippen molar-refractivity contribution in [3.8, 4) is 0 Å². The number of nitrogens with zero attached hydrogens (tertiary/aromatic N) is 1. The third-order valence-corrected chi connectivity index (χ3v) is 5.73. The molecular weight excluding hydrogens is 430 g/mol. The zero-order chi connectivity index (χ0) is 24.1. The smallest absolute Gasteiger partial charge is 0.340 e. The number of amides is 3. The zero-order valence-corrected chi connectivity index (χ0v) is 19.2. The number of nitrogens with one attached hydrogen (secondary N) is 2. The van der Waals surface area contributed by atoms with Crippen molar-refractivity contribution < 1.29 is 19.1 Å². The van der Waals surface area contributed by atoms with Crippen molar-refractivity contribution in [1.29, 1.82) is 0 Å². The molecule has 0 saturated carbocycles. The summed E-state index contributed by atoms with van der Waals surface area (Å²) in [5, 5.41) is 5.53. The van der Waals surface area contributed by atoms with Crippen LogP contribution in [0.15, 0.2) is 72.8 Å². The van der Waals surface area contributed by atoms with Crippen LogP contribution in [0.4, 0.5) is 16.2 Å². The summed E-state index contributed by atoms with van der Waals surface area (Å²) in [6.07, 6.45) is 0.784. The summed E-state index contributed by atoms with van der Waals surface area (Å²) >= 11 is 0. The van der Waals surface area contributed by atoms with Gasteiger partial charge in [0.25, 0.3) is 5.91 Å².